The number of nitrogens with zero attached hydrogens (tertiary/aromatic N) is 1. The highest BCUT2D eigenvalue weighted by atomic mass is 16.6. The third-order valence-corrected chi connectivity index (χ3v) is 8.28. The first-order chi connectivity index (χ1) is 22.8. The van der Waals surface area contributed by atoms with E-state index < -0.39 is 29.7 Å². The van der Waals surface area contributed by atoms with Crippen LogP contribution >= 0.6 is 0 Å². The first-order valence-electron chi connectivity index (χ1n) is 17.3. The van der Waals surface area contributed by atoms with Gasteiger partial charge in [-0.1, -0.05) is 70.8 Å². The summed E-state index contributed by atoms with van der Waals surface area (Å²) in [4.78, 5) is 75.2. The molecule has 1 saturated heterocycles. The van der Waals surface area contributed by atoms with Crippen molar-refractivity contribution in [1.82, 2.24) is 10.2 Å². The van der Waals surface area contributed by atoms with Gasteiger partial charge in [0.05, 0.1) is 36.6 Å². The Morgan fingerprint density at radius 1 is 0.787 bits per heavy atom. The van der Waals surface area contributed by atoms with E-state index in [1.165, 1.54) is 51.0 Å². The molecule has 0 saturated carbocycles. The molecule has 5 amide bonds. The van der Waals surface area contributed by atoms with Crippen LogP contribution in [0.5, 0.6) is 0 Å². The Morgan fingerprint density at radius 3 is 2.15 bits per heavy atom. The summed E-state index contributed by atoms with van der Waals surface area (Å²) in [6.45, 7) is 4.16. The van der Waals surface area contributed by atoms with Crippen molar-refractivity contribution in [2.45, 2.75) is 116 Å². The van der Waals surface area contributed by atoms with Gasteiger partial charge in [0.1, 0.15) is 12.6 Å². The summed E-state index contributed by atoms with van der Waals surface area (Å²) in [5, 5.41) is 4.90. The smallest absolute Gasteiger partial charge is 0.305 e. The molecule has 1 aromatic rings. The van der Waals surface area contributed by atoms with Crippen LogP contribution in [0.4, 0.5) is 5.69 Å². The number of unbranched alkanes of at least 4 members (excludes halogenated alkanes) is 10. The monoisotopic (exact) mass is 657 g/mol. The number of carbonyl (C=O) groups excluding carboxylic acids is 6. The predicted octanol–water partition coefficient (Wildman–Crippen LogP) is 5.08. The number of imide groups is 2. The molecule has 0 spiro atoms. The summed E-state index contributed by atoms with van der Waals surface area (Å²) in [7, 11) is 0. The lowest BCUT2D eigenvalue weighted by Crippen LogP contribution is -2.54. The van der Waals surface area contributed by atoms with E-state index in [1.54, 1.807) is 12.1 Å². The molecule has 1 aromatic carbocycles. The van der Waals surface area contributed by atoms with Gasteiger partial charge in [0.2, 0.25) is 17.7 Å². The Labute approximate surface area is 277 Å². The Kier molecular flexibility index (Phi) is 17.1. The van der Waals surface area contributed by atoms with Crippen molar-refractivity contribution in [2.75, 3.05) is 38.4 Å². The molecule has 0 aromatic heterocycles. The minimum atomic E-state index is -1.07. The molecule has 0 bridgehead atoms. The predicted molar refractivity (Wildman–Crippen MR) is 175 cm³/mol. The maximum Gasteiger partial charge on any atom is 0.305 e. The minimum absolute atomic E-state index is 0.0321. The zero-order valence-corrected chi connectivity index (χ0v) is 27.8. The highest BCUT2D eigenvalue weighted by molar-refractivity contribution is 6.26. The molecule has 0 aliphatic carbocycles. The number of carbonyl (C=O) groups is 6. The van der Waals surface area contributed by atoms with Crippen molar-refractivity contribution in [2.24, 2.45) is 0 Å². The van der Waals surface area contributed by atoms with E-state index in [0.717, 1.165) is 30.6 Å². The van der Waals surface area contributed by atoms with Crippen LogP contribution in [-0.4, -0.2) is 79.5 Å². The third-order valence-electron chi connectivity index (χ3n) is 8.28. The van der Waals surface area contributed by atoms with E-state index in [2.05, 4.69) is 17.6 Å². The van der Waals surface area contributed by atoms with Crippen LogP contribution in [0.25, 0.3) is 0 Å². The normalized spacial score (nSPS) is 15.9. The summed E-state index contributed by atoms with van der Waals surface area (Å²) in [6, 6.07) is 3.53. The van der Waals surface area contributed by atoms with Crippen LogP contribution in [0.3, 0.4) is 0 Å². The summed E-state index contributed by atoms with van der Waals surface area (Å²) >= 11 is 0. The first-order valence-corrected chi connectivity index (χ1v) is 17.3. The Hall–Kier alpha value is -3.64. The molecule has 47 heavy (non-hydrogen) atoms. The second-order valence-electron chi connectivity index (χ2n) is 12.1. The SMILES string of the molecule is CCCCCCCCCCCC(=O)OCCOCCOCCCCCC(=O)Nc1cccc2c1C(=O)N(C1CCC(=O)NC1=O)C2=O. The lowest BCUT2D eigenvalue weighted by Gasteiger charge is -2.27. The van der Waals surface area contributed by atoms with E-state index in [4.69, 9.17) is 14.2 Å². The summed E-state index contributed by atoms with van der Waals surface area (Å²) in [6.07, 6.45) is 13.8. The Balaban J connectivity index is 1.18. The standard InChI is InChI=1S/C35H51N3O9/c1-2-3-4-5-6-7-8-9-12-18-31(41)47-25-24-46-23-22-45-21-13-10-11-17-29(39)36-27-16-14-15-26-32(27)35(44)38(34(26)43)28-19-20-30(40)37-33(28)42/h14-16,28H,2-13,17-25H2,1H3,(H,36,39)(H,37,40,42). The number of fused-ring (bicyclic) bond motifs is 1. The Bertz CT molecular complexity index is 1220. The third kappa shape index (κ3) is 12.8. The molecule has 2 aliphatic heterocycles. The molecule has 2 N–H and O–H groups in total. The fourth-order valence-electron chi connectivity index (χ4n) is 5.69. The van der Waals surface area contributed by atoms with Crippen LogP contribution in [-0.2, 0) is 33.4 Å². The number of rotatable bonds is 24. The zero-order valence-electron chi connectivity index (χ0n) is 27.8. The molecule has 1 unspecified atom stereocenters. The van der Waals surface area contributed by atoms with E-state index in [0.29, 0.717) is 39.3 Å². The molecule has 3 rings (SSSR count). The van der Waals surface area contributed by atoms with Gasteiger partial charge in [-0.2, -0.15) is 0 Å². The summed E-state index contributed by atoms with van der Waals surface area (Å²) in [5.74, 6) is -2.88. The average Bonchev–Trinajstić information content (AvgIpc) is 3.30. The highest BCUT2D eigenvalue weighted by Gasteiger charge is 2.45. The minimum Gasteiger partial charge on any atom is -0.463 e. The van der Waals surface area contributed by atoms with Crippen molar-refractivity contribution in [3.8, 4) is 0 Å². The van der Waals surface area contributed by atoms with Crippen LogP contribution < -0.4 is 10.6 Å². The number of esters is 1. The second kappa shape index (κ2) is 21.3. The molecule has 0 radical (unpaired) electrons. The molecule has 1 atom stereocenters. The number of nitrogens with one attached hydrogen (secondary N) is 2. The van der Waals surface area contributed by atoms with E-state index in [9.17, 15) is 28.8 Å². The van der Waals surface area contributed by atoms with Gasteiger partial charge in [0.15, 0.2) is 0 Å². The average molecular weight is 658 g/mol. The lowest BCUT2D eigenvalue weighted by molar-refractivity contribution is -0.145. The van der Waals surface area contributed by atoms with Crippen LogP contribution in [0.15, 0.2) is 18.2 Å². The van der Waals surface area contributed by atoms with Crippen molar-refractivity contribution >= 4 is 41.2 Å². The van der Waals surface area contributed by atoms with Crippen molar-refractivity contribution in [1.29, 1.82) is 0 Å². The van der Waals surface area contributed by atoms with Crippen molar-refractivity contribution in [3.63, 3.8) is 0 Å². The topological polar surface area (TPSA) is 157 Å². The van der Waals surface area contributed by atoms with E-state index in [-0.39, 0.29) is 54.6 Å². The number of ether oxygens (including phenoxy) is 3. The van der Waals surface area contributed by atoms with Gasteiger partial charge in [0.25, 0.3) is 11.8 Å². The van der Waals surface area contributed by atoms with Gasteiger partial charge in [-0.3, -0.25) is 39.0 Å². The number of hydrogen-bond acceptors (Lipinski definition) is 9. The molecule has 2 aliphatic rings. The Morgan fingerprint density at radius 2 is 1.43 bits per heavy atom. The first kappa shape index (κ1) is 37.8. The number of hydrogen-bond donors (Lipinski definition) is 2. The maximum absolute atomic E-state index is 13.2. The van der Waals surface area contributed by atoms with Crippen LogP contribution in [0.2, 0.25) is 0 Å². The number of anilines is 1. The molecule has 12 heteroatoms. The second-order valence-corrected chi connectivity index (χ2v) is 12.1. The van der Waals surface area contributed by atoms with E-state index >= 15 is 0 Å². The zero-order chi connectivity index (χ0) is 33.9. The number of piperidine rings is 1. The van der Waals surface area contributed by atoms with Crippen molar-refractivity contribution < 1.29 is 43.0 Å². The molecule has 1 fully saturated rings. The van der Waals surface area contributed by atoms with Gasteiger partial charge in [0, 0.05) is 25.9 Å². The number of amides is 5. The van der Waals surface area contributed by atoms with Gasteiger partial charge in [-0.25, -0.2) is 0 Å². The quantitative estimate of drug-likeness (QED) is 0.0878. The molecular weight excluding hydrogens is 606 g/mol. The molecule has 2 heterocycles. The van der Waals surface area contributed by atoms with Gasteiger partial charge < -0.3 is 19.5 Å². The summed E-state index contributed by atoms with van der Waals surface area (Å²) in [5.41, 5.74) is 0.389. The van der Waals surface area contributed by atoms with Gasteiger partial charge in [-0.15, -0.1) is 0 Å². The van der Waals surface area contributed by atoms with Crippen molar-refractivity contribution in [3.05, 3.63) is 29.3 Å². The van der Waals surface area contributed by atoms with Crippen LogP contribution in [0, 0.1) is 0 Å². The fourth-order valence-corrected chi connectivity index (χ4v) is 5.69. The largest absolute Gasteiger partial charge is 0.463 e. The maximum atomic E-state index is 13.2. The van der Waals surface area contributed by atoms with Gasteiger partial charge in [-0.05, 0) is 37.8 Å². The fraction of sp³-hybridized carbons (Fsp3) is 0.657. The molecular formula is C35H51N3O9. The highest BCUT2D eigenvalue weighted by Crippen LogP contribution is 2.32. The summed E-state index contributed by atoms with van der Waals surface area (Å²) < 4.78 is 16.2. The van der Waals surface area contributed by atoms with Gasteiger partial charge >= 0.3 is 5.97 Å². The van der Waals surface area contributed by atoms with Crippen LogP contribution in [0.1, 0.15) is 130 Å². The molecule has 260 valence electrons. The molecule has 12 nitrogen and oxygen atoms in total. The lowest BCUT2D eigenvalue weighted by atomic mass is 10.0. The van der Waals surface area contributed by atoms with E-state index in [1.807, 2.05) is 0 Å². The number of benzene rings is 1.